The quantitative estimate of drug-likeness (QED) is 0.852. The van der Waals surface area contributed by atoms with E-state index in [4.69, 9.17) is 0 Å². The lowest BCUT2D eigenvalue weighted by atomic mass is 9.78. The lowest BCUT2D eigenvalue weighted by Gasteiger charge is -2.44. The largest absolute Gasteiger partial charge is 0.306 e. The number of rotatable bonds is 4. The molecular formula is C16H30N4. The molecule has 4 heteroatoms. The third kappa shape index (κ3) is 3.52. The third-order valence-electron chi connectivity index (χ3n) is 5.29. The topological polar surface area (TPSA) is 42.3 Å². The molecule has 2 atom stereocenters. The zero-order valence-corrected chi connectivity index (χ0v) is 13.4. The number of piperidine rings is 1. The normalized spacial score (nSPS) is 33.2. The maximum Gasteiger partial charge on any atom is 0.108 e. The van der Waals surface area contributed by atoms with E-state index in [-0.39, 0.29) is 5.54 Å². The number of hydrogen-bond donors (Lipinski definition) is 1. The van der Waals surface area contributed by atoms with E-state index >= 15 is 0 Å². The number of nitrogens with one attached hydrogen (secondary N) is 1. The molecule has 1 N–H and O–H groups in total. The molecule has 2 rings (SSSR count). The summed E-state index contributed by atoms with van der Waals surface area (Å²) in [6.07, 6.45) is 6.95. The Labute approximate surface area is 124 Å². The highest BCUT2D eigenvalue weighted by Gasteiger charge is 2.38. The highest BCUT2D eigenvalue weighted by molar-refractivity contribution is 5.11. The standard InChI is InChI=1S/C16H30N4/c1-4-18-16(13-17)9-5-6-15(12-16)20(3)14-7-10-19(2)11-8-14/h14-15,18H,4-12H2,1-3H3. The summed E-state index contributed by atoms with van der Waals surface area (Å²) in [6.45, 7) is 5.40. The zero-order valence-electron chi connectivity index (χ0n) is 13.4. The summed E-state index contributed by atoms with van der Waals surface area (Å²) in [5.74, 6) is 0. The van der Waals surface area contributed by atoms with Crippen molar-refractivity contribution in [2.75, 3.05) is 33.7 Å². The second kappa shape index (κ2) is 6.89. The van der Waals surface area contributed by atoms with Gasteiger partial charge in [-0.15, -0.1) is 0 Å². The van der Waals surface area contributed by atoms with Crippen LogP contribution in [0.25, 0.3) is 0 Å². The van der Waals surface area contributed by atoms with Gasteiger partial charge >= 0.3 is 0 Å². The van der Waals surface area contributed by atoms with Crippen LogP contribution in [-0.4, -0.2) is 61.2 Å². The van der Waals surface area contributed by atoms with E-state index in [0.717, 1.165) is 19.4 Å². The van der Waals surface area contributed by atoms with Crippen LogP contribution in [0.1, 0.15) is 45.4 Å². The van der Waals surface area contributed by atoms with Gasteiger partial charge in [0.05, 0.1) is 6.07 Å². The van der Waals surface area contributed by atoms with E-state index in [1.54, 1.807) is 0 Å². The Kier molecular flexibility index (Phi) is 5.42. The van der Waals surface area contributed by atoms with Crippen LogP contribution in [0.5, 0.6) is 0 Å². The Morgan fingerprint density at radius 3 is 2.60 bits per heavy atom. The van der Waals surface area contributed by atoms with Crippen LogP contribution in [-0.2, 0) is 0 Å². The number of nitrogens with zero attached hydrogens (tertiary/aromatic N) is 3. The molecule has 0 aromatic heterocycles. The first-order valence-electron chi connectivity index (χ1n) is 8.17. The number of likely N-dealkylation sites (tertiary alicyclic amines) is 1. The Morgan fingerprint density at radius 2 is 2.00 bits per heavy atom. The monoisotopic (exact) mass is 278 g/mol. The fraction of sp³-hybridized carbons (Fsp3) is 0.938. The molecule has 0 amide bonds. The molecule has 20 heavy (non-hydrogen) atoms. The number of nitriles is 1. The molecule has 4 nitrogen and oxygen atoms in total. The van der Waals surface area contributed by atoms with Gasteiger partial charge in [0.15, 0.2) is 0 Å². The van der Waals surface area contributed by atoms with Crippen LogP contribution >= 0.6 is 0 Å². The smallest absolute Gasteiger partial charge is 0.108 e. The van der Waals surface area contributed by atoms with Crippen molar-refractivity contribution >= 4 is 0 Å². The molecule has 0 aromatic rings. The van der Waals surface area contributed by atoms with Crippen LogP contribution in [0.2, 0.25) is 0 Å². The molecule has 1 saturated carbocycles. The lowest BCUT2D eigenvalue weighted by Crippen LogP contribution is -2.54. The Bertz CT molecular complexity index is 339. The molecule has 114 valence electrons. The van der Waals surface area contributed by atoms with Gasteiger partial charge in [-0.05, 0) is 72.3 Å². The van der Waals surface area contributed by atoms with Crippen molar-refractivity contribution in [1.82, 2.24) is 15.1 Å². The highest BCUT2D eigenvalue weighted by Crippen LogP contribution is 2.32. The minimum absolute atomic E-state index is 0.280. The van der Waals surface area contributed by atoms with Crippen LogP contribution in [0.4, 0.5) is 0 Å². The van der Waals surface area contributed by atoms with E-state index in [1.807, 2.05) is 0 Å². The molecular weight excluding hydrogens is 248 g/mol. The molecule has 2 unspecified atom stereocenters. The van der Waals surface area contributed by atoms with Crippen LogP contribution in [0.3, 0.4) is 0 Å². The predicted octanol–water partition coefficient (Wildman–Crippen LogP) is 1.83. The molecule has 2 fully saturated rings. The summed E-state index contributed by atoms with van der Waals surface area (Å²) in [5.41, 5.74) is -0.280. The molecule has 0 bridgehead atoms. The van der Waals surface area contributed by atoms with Crippen molar-refractivity contribution in [1.29, 1.82) is 5.26 Å². The molecule has 1 aliphatic heterocycles. The summed E-state index contributed by atoms with van der Waals surface area (Å²) < 4.78 is 0. The minimum Gasteiger partial charge on any atom is -0.306 e. The van der Waals surface area contributed by atoms with Crippen molar-refractivity contribution < 1.29 is 0 Å². The van der Waals surface area contributed by atoms with Crippen molar-refractivity contribution in [3.05, 3.63) is 0 Å². The van der Waals surface area contributed by atoms with E-state index in [2.05, 4.69) is 42.2 Å². The van der Waals surface area contributed by atoms with E-state index < -0.39 is 0 Å². The fourth-order valence-electron chi connectivity index (χ4n) is 3.93. The van der Waals surface area contributed by atoms with Gasteiger partial charge in [0.25, 0.3) is 0 Å². The van der Waals surface area contributed by atoms with Crippen LogP contribution < -0.4 is 5.32 Å². The Hall–Kier alpha value is -0.630. The van der Waals surface area contributed by atoms with E-state index in [1.165, 1.54) is 38.8 Å². The van der Waals surface area contributed by atoms with Gasteiger partial charge in [0.1, 0.15) is 5.54 Å². The van der Waals surface area contributed by atoms with Gasteiger partial charge < -0.3 is 9.80 Å². The zero-order chi connectivity index (χ0) is 14.6. The number of hydrogen-bond acceptors (Lipinski definition) is 4. The van der Waals surface area contributed by atoms with Crippen LogP contribution in [0, 0.1) is 11.3 Å². The first kappa shape index (κ1) is 15.8. The molecule has 1 saturated heterocycles. The van der Waals surface area contributed by atoms with E-state index in [9.17, 15) is 5.26 Å². The van der Waals surface area contributed by atoms with Gasteiger partial charge in [-0.3, -0.25) is 5.32 Å². The van der Waals surface area contributed by atoms with E-state index in [0.29, 0.717) is 12.1 Å². The van der Waals surface area contributed by atoms with Gasteiger partial charge in [0, 0.05) is 12.1 Å². The minimum atomic E-state index is -0.280. The van der Waals surface area contributed by atoms with Gasteiger partial charge in [-0.1, -0.05) is 6.92 Å². The van der Waals surface area contributed by atoms with Gasteiger partial charge in [-0.2, -0.15) is 5.26 Å². The Balaban J connectivity index is 1.96. The van der Waals surface area contributed by atoms with Crippen molar-refractivity contribution in [3.63, 3.8) is 0 Å². The molecule has 1 aliphatic carbocycles. The molecule has 0 radical (unpaired) electrons. The SMILES string of the molecule is CCNC1(C#N)CCCC(N(C)C2CCN(C)CC2)C1. The first-order chi connectivity index (χ1) is 9.60. The third-order valence-corrected chi connectivity index (χ3v) is 5.29. The summed E-state index contributed by atoms with van der Waals surface area (Å²) in [4.78, 5) is 5.00. The van der Waals surface area contributed by atoms with Crippen molar-refractivity contribution in [2.24, 2.45) is 0 Å². The molecule has 0 spiro atoms. The van der Waals surface area contributed by atoms with Crippen molar-refractivity contribution in [2.45, 2.75) is 63.1 Å². The van der Waals surface area contributed by atoms with Gasteiger partial charge in [-0.25, -0.2) is 0 Å². The maximum atomic E-state index is 9.58. The van der Waals surface area contributed by atoms with Gasteiger partial charge in [0.2, 0.25) is 0 Å². The lowest BCUT2D eigenvalue weighted by molar-refractivity contribution is 0.0707. The molecule has 1 heterocycles. The second-order valence-corrected chi connectivity index (χ2v) is 6.67. The Morgan fingerprint density at radius 1 is 1.30 bits per heavy atom. The fourth-order valence-corrected chi connectivity index (χ4v) is 3.93. The summed E-state index contributed by atoms with van der Waals surface area (Å²) in [5, 5.41) is 13.0. The first-order valence-corrected chi connectivity index (χ1v) is 8.17. The maximum absolute atomic E-state index is 9.58. The summed E-state index contributed by atoms with van der Waals surface area (Å²) >= 11 is 0. The van der Waals surface area contributed by atoms with Crippen LogP contribution in [0.15, 0.2) is 0 Å². The molecule has 2 aliphatic rings. The average molecular weight is 278 g/mol. The average Bonchev–Trinajstić information content (AvgIpc) is 2.48. The molecule has 0 aromatic carbocycles. The second-order valence-electron chi connectivity index (χ2n) is 6.67. The summed E-state index contributed by atoms with van der Waals surface area (Å²) in [6, 6.07) is 3.83. The van der Waals surface area contributed by atoms with Crippen molar-refractivity contribution in [3.8, 4) is 6.07 Å². The summed E-state index contributed by atoms with van der Waals surface area (Å²) in [7, 11) is 4.49. The predicted molar refractivity (Wildman–Crippen MR) is 82.6 cm³/mol. The highest BCUT2D eigenvalue weighted by atomic mass is 15.2.